The van der Waals surface area contributed by atoms with E-state index >= 15 is 0 Å². The summed E-state index contributed by atoms with van der Waals surface area (Å²) in [6, 6.07) is 3.91. The Bertz CT molecular complexity index is 984. The second-order valence-corrected chi connectivity index (χ2v) is 7.85. The molecule has 2 aliphatic rings. The first-order chi connectivity index (χ1) is 13.6. The summed E-state index contributed by atoms with van der Waals surface area (Å²) in [6.45, 7) is 8.01. The highest BCUT2D eigenvalue weighted by Gasteiger charge is 2.45. The SMILES string of the molecule is Cc1noc(C)c1CN1CC[C@]2(COCc3cnc(-c4cccnc4)nc32)C1. The Morgan fingerprint density at radius 1 is 1.25 bits per heavy atom. The van der Waals surface area contributed by atoms with Gasteiger partial charge in [0.15, 0.2) is 5.82 Å². The van der Waals surface area contributed by atoms with E-state index in [9.17, 15) is 0 Å². The van der Waals surface area contributed by atoms with Crippen molar-refractivity contribution in [3.05, 3.63) is 59.0 Å². The predicted octanol–water partition coefficient (Wildman–Crippen LogP) is 2.82. The van der Waals surface area contributed by atoms with Gasteiger partial charge in [0.2, 0.25) is 0 Å². The minimum absolute atomic E-state index is 0.0908. The number of hydrogen-bond donors (Lipinski definition) is 0. The number of likely N-dealkylation sites (tertiary alicyclic amines) is 1. The molecule has 3 aromatic heterocycles. The smallest absolute Gasteiger partial charge is 0.160 e. The van der Waals surface area contributed by atoms with Crippen LogP contribution in [-0.4, -0.2) is 44.7 Å². The van der Waals surface area contributed by atoms with Crippen LogP contribution in [0.1, 0.15) is 34.7 Å². The van der Waals surface area contributed by atoms with Gasteiger partial charge in [-0.05, 0) is 38.9 Å². The molecule has 3 aromatic rings. The monoisotopic (exact) mass is 377 g/mol. The van der Waals surface area contributed by atoms with E-state index in [1.165, 1.54) is 5.56 Å². The molecule has 5 rings (SSSR count). The van der Waals surface area contributed by atoms with E-state index in [-0.39, 0.29) is 5.41 Å². The zero-order valence-corrected chi connectivity index (χ0v) is 16.2. The third-order valence-electron chi connectivity index (χ3n) is 5.92. The average Bonchev–Trinajstić information content (AvgIpc) is 3.28. The Morgan fingerprint density at radius 3 is 2.96 bits per heavy atom. The van der Waals surface area contributed by atoms with Gasteiger partial charge in [0, 0.05) is 48.4 Å². The molecule has 1 spiro atoms. The quantitative estimate of drug-likeness (QED) is 0.694. The van der Waals surface area contributed by atoms with Crippen LogP contribution in [0.15, 0.2) is 35.2 Å². The molecule has 0 bridgehead atoms. The third kappa shape index (κ3) is 2.91. The fourth-order valence-corrected chi connectivity index (χ4v) is 4.39. The van der Waals surface area contributed by atoms with E-state index in [4.69, 9.17) is 14.2 Å². The van der Waals surface area contributed by atoms with Crippen LogP contribution in [0.4, 0.5) is 0 Å². The van der Waals surface area contributed by atoms with E-state index in [0.717, 1.165) is 60.2 Å². The Balaban J connectivity index is 1.46. The standard InChI is InChI=1S/C21H23N5O2/c1-14-18(15(2)28-25-14)10-26-7-5-21(12-26)13-27-11-17-9-23-20(24-19(17)21)16-4-3-6-22-8-16/h3-4,6,8-9H,5,7,10-13H2,1-2H3/t21-/m1/s1. The van der Waals surface area contributed by atoms with Crippen LogP contribution < -0.4 is 0 Å². The third-order valence-corrected chi connectivity index (χ3v) is 5.92. The number of fused-ring (bicyclic) bond motifs is 2. The Morgan fingerprint density at radius 2 is 2.18 bits per heavy atom. The fraction of sp³-hybridized carbons (Fsp3) is 0.429. The lowest BCUT2D eigenvalue weighted by atomic mass is 9.80. The Hall–Kier alpha value is -2.64. The molecule has 0 aromatic carbocycles. The van der Waals surface area contributed by atoms with Crippen molar-refractivity contribution in [3.8, 4) is 11.4 Å². The van der Waals surface area contributed by atoms with Gasteiger partial charge < -0.3 is 9.26 Å². The van der Waals surface area contributed by atoms with E-state index in [1.807, 2.05) is 38.4 Å². The van der Waals surface area contributed by atoms with Crippen LogP contribution in [0.3, 0.4) is 0 Å². The van der Waals surface area contributed by atoms with Crippen LogP contribution in [-0.2, 0) is 23.3 Å². The van der Waals surface area contributed by atoms with Crippen molar-refractivity contribution in [2.45, 2.75) is 38.8 Å². The predicted molar refractivity (Wildman–Crippen MR) is 102 cm³/mol. The lowest BCUT2D eigenvalue weighted by molar-refractivity contribution is 0.0503. The molecule has 7 heteroatoms. The summed E-state index contributed by atoms with van der Waals surface area (Å²) < 4.78 is 11.3. The molecule has 0 aliphatic carbocycles. The van der Waals surface area contributed by atoms with Crippen LogP contribution in [0.25, 0.3) is 11.4 Å². The molecule has 0 saturated carbocycles. The van der Waals surface area contributed by atoms with Gasteiger partial charge in [0.25, 0.3) is 0 Å². The Labute approximate surface area is 163 Å². The second-order valence-electron chi connectivity index (χ2n) is 7.85. The molecule has 28 heavy (non-hydrogen) atoms. The highest BCUT2D eigenvalue weighted by molar-refractivity contribution is 5.54. The van der Waals surface area contributed by atoms with Crippen LogP contribution in [0.2, 0.25) is 0 Å². The highest BCUT2D eigenvalue weighted by atomic mass is 16.5. The maximum Gasteiger partial charge on any atom is 0.160 e. The fourth-order valence-electron chi connectivity index (χ4n) is 4.39. The molecule has 144 valence electrons. The minimum atomic E-state index is -0.0908. The van der Waals surface area contributed by atoms with E-state index < -0.39 is 0 Å². The molecule has 1 fully saturated rings. The molecule has 1 saturated heterocycles. The summed E-state index contributed by atoms with van der Waals surface area (Å²) in [5.41, 5.74) is 5.24. The van der Waals surface area contributed by atoms with Crippen molar-refractivity contribution >= 4 is 0 Å². The van der Waals surface area contributed by atoms with Crippen molar-refractivity contribution in [1.29, 1.82) is 0 Å². The Kier molecular flexibility index (Phi) is 4.21. The van der Waals surface area contributed by atoms with Gasteiger partial charge in [-0.1, -0.05) is 5.16 Å². The normalized spacial score (nSPS) is 21.9. The van der Waals surface area contributed by atoms with Gasteiger partial charge in [-0.3, -0.25) is 9.88 Å². The van der Waals surface area contributed by atoms with Crippen molar-refractivity contribution in [2.24, 2.45) is 0 Å². The first-order valence-electron chi connectivity index (χ1n) is 9.63. The second kappa shape index (κ2) is 6.76. The van der Waals surface area contributed by atoms with Gasteiger partial charge >= 0.3 is 0 Å². The van der Waals surface area contributed by atoms with Gasteiger partial charge in [-0.2, -0.15) is 0 Å². The number of hydrogen-bond acceptors (Lipinski definition) is 7. The molecule has 5 heterocycles. The molecule has 7 nitrogen and oxygen atoms in total. The zero-order chi connectivity index (χ0) is 19.1. The number of nitrogens with zero attached hydrogens (tertiary/aromatic N) is 5. The van der Waals surface area contributed by atoms with Crippen molar-refractivity contribution in [1.82, 2.24) is 25.0 Å². The largest absolute Gasteiger partial charge is 0.376 e. The minimum Gasteiger partial charge on any atom is -0.376 e. The molecule has 0 unspecified atom stereocenters. The van der Waals surface area contributed by atoms with E-state index in [2.05, 4.69) is 20.0 Å². The van der Waals surface area contributed by atoms with Crippen molar-refractivity contribution < 1.29 is 9.26 Å². The molecular formula is C21H23N5O2. The lowest BCUT2D eigenvalue weighted by Crippen LogP contribution is -2.40. The maximum absolute atomic E-state index is 5.96. The molecule has 0 radical (unpaired) electrons. The average molecular weight is 377 g/mol. The first kappa shape index (κ1) is 17.5. The van der Waals surface area contributed by atoms with Crippen LogP contribution >= 0.6 is 0 Å². The highest BCUT2D eigenvalue weighted by Crippen LogP contribution is 2.40. The summed E-state index contributed by atoms with van der Waals surface area (Å²) >= 11 is 0. The van der Waals surface area contributed by atoms with E-state index in [1.54, 1.807) is 6.20 Å². The lowest BCUT2D eigenvalue weighted by Gasteiger charge is -2.34. The molecule has 0 N–H and O–H groups in total. The van der Waals surface area contributed by atoms with Gasteiger partial charge in [0.1, 0.15) is 5.76 Å². The first-order valence-corrected chi connectivity index (χ1v) is 9.63. The number of pyridine rings is 1. The molecule has 2 aliphatic heterocycles. The summed E-state index contributed by atoms with van der Waals surface area (Å²) in [5, 5.41) is 4.09. The summed E-state index contributed by atoms with van der Waals surface area (Å²) in [5.74, 6) is 1.64. The maximum atomic E-state index is 5.96. The summed E-state index contributed by atoms with van der Waals surface area (Å²) in [4.78, 5) is 16.2. The van der Waals surface area contributed by atoms with Crippen LogP contribution in [0, 0.1) is 13.8 Å². The number of aryl methyl sites for hydroxylation is 2. The number of aromatic nitrogens is 4. The molecular weight excluding hydrogens is 354 g/mol. The number of rotatable bonds is 3. The summed E-state index contributed by atoms with van der Waals surface area (Å²) in [6.07, 6.45) is 6.52. The van der Waals surface area contributed by atoms with Crippen LogP contribution in [0.5, 0.6) is 0 Å². The van der Waals surface area contributed by atoms with Gasteiger partial charge in [-0.15, -0.1) is 0 Å². The topological polar surface area (TPSA) is 77.2 Å². The molecule has 0 amide bonds. The number of ether oxygens (including phenoxy) is 1. The zero-order valence-electron chi connectivity index (χ0n) is 16.2. The summed E-state index contributed by atoms with van der Waals surface area (Å²) in [7, 11) is 0. The van der Waals surface area contributed by atoms with E-state index in [0.29, 0.717) is 13.2 Å². The van der Waals surface area contributed by atoms with Gasteiger partial charge in [0.05, 0.1) is 30.0 Å². The van der Waals surface area contributed by atoms with Gasteiger partial charge in [-0.25, -0.2) is 9.97 Å². The molecule has 1 atom stereocenters. The van der Waals surface area contributed by atoms with Crippen molar-refractivity contribution in [2.75, 3.05) is 19.7 Å². The van der Waals surface area contributed by atoms with Crippen molar-refractivity contribution in [3.63, 3.8) is 0 Å².